The van der Waals surface area contributed by atoms with Crippen molar-refractivity contribution in [3.8, 4) is 0 Å². The number of hydrogen-bond donors (Lipinski definition) is 2. The number of benzene rings is 1. The van der Waals surface area contributed by atoms with Crippen molar-refractivity contribution in [2.75, 3.05) is 20.1 Å². The van der Waals surface area contributed by atoms with Gasteiger partial charge < -0.3 is 10.6 Å². The Morgan fingerprint density at radius 2 is 2.05 bits per heavy atom. The summed E-state index contributed by atoms with van der Waals surface area (Å²) in [5, 5.41) is 7.40. The molecule has 1 rings (SSSR count). The van der Waals surface area contributed by atoms with Gasteiger partial charge in [0, 0.05) is 30.6 Å². The molecule has 3 nitrogen and oxygen atoms in total. The van der Waals surface area contributed by atoms with Crippen LogP contribution in [-0.2, 0) is 5.41 Å². The highest BCUT2D eigenvalue weighted by molar-refractivity contribution is 6.30. The van der Waals surface area contributed by atoms with Crippen LogP contribution < -0.4 is 10.6 Å². The van der Waals surface area contributed by atoms with Crippen molar-refractivity contribution in [2.45, 2.75) is 32.6 Å². The van der Waals surface area contributed by atoms with Gasteiger partial charge in [0.15, 0.2) is 5.96 Å². The quantitative estimate of drug-likeness (QED) is 0.642. The van der Waals surface area contributed by atoms with E-state index in [9.17, 15) is 0 Å². The Kier molecular flexibility index (Phi) is 6.16. The average Bonchev–Trinajstić information content (AvgIpc) is 2.39. The minimum atomic E-state index is -0.00522. The first-order chi connectivity index (χ1) is 8.99. The van der Waals surface area contributed by atoms with Crippen LogP contribution >= 0.6 is 11.6 Å². The van der Waals surface area contributed by atoms with Crippen LogP contribution in [0.3, 0.4) is 0 Å². The van der Waals surface area contributed by atoms with Crippen molar-refractivity contribution in [3.05, 3.63) is 34.9 Å². The molecule has 0 atom stereocenters. The van der Waals surface area contributed by atoms with Gasteiger partial charge in [-0.1, -0.05) is 44.5 Å². The molecule has 0 bridgehead atoms. The highest BCUT2D eigenvalue weighted by Crippen LogP contribution is 2.24. The second kappa shape index (κ2) is 7.39. The summed E-state index contributed by atoms with van der Waals surface area (Å²) in [5.74, 6) is 0.844. The molecule has 0 heterocycles. The maximum Gasteiger partial charge on any atom is 0.191 e. The van der Waals surface area contributed by atoms with E-state index >= 15 is 0 Å². The van der Waals surface area contributed by atoms with E-state index in [1.54, 1.807) is 7.05 Å². The van der Waals surface area contributed by atoms with E-state index in [-0.39, 0.29) is 5.41 Å². The van der Waals surface area contributed by atoms with Crippen LogP contribution in [0.15, 0.2) is 29.3 Å². The fourth-order valence-corrected chi connectivity index (χ4v) is 1.97. The normalized spacial score (nSPS) is 12.4. The number of nitrogens with one attached hydrogen (secondary N) is 2. The summed E-state index contributed by atoms with van der Waals surface area (Å²) in [4.78, 5) is 4.21. The van der Waals surface area contributed by atoms with Gasteiger partial charge in [0.2, 0.25) is 0 Å². The van der Waals surface area contributed by atoms with Crippen molar-refractivity contribution >= 4 is 17.6 Å². The van der Waals surface area contributed by atoms with E-state index in [1.807, 2.05) is 18.2 Å². The summed E-state index contributed by atoms with van der Waals surface area (Å²) in [6, 6.07) is 8.02. The average molecular weight is 282 g/mol. The lowest BCUT2D eigenvalue weighted by molar-refractivity contribution is 0.508. The topological polar surface area (TPSA) is 36.4 Å². The van der Waals surface area contributed by atoms with E-state index in [2.05, 4.69) is 42.5 Å². The molecule has 0 radical (unpaired) electrons. The molecule has 0 unspecified atom stereocenters. The van der Waals surface area contributed by atoms with Gasteiger partial charge in [-0.3, -0.25) is 4.99 Å². The summed E-state index contributed by atoms with van der Waals surface area (Å²) >= 11 is 6.05. The largest absolute Gasteiger partial charge is 0.356 e. The van der Waals surface area contributed by atoms with Crippen molar-refractivity contribution < 1.29 is 0 Å². The lowest BCUT2D eigenvalue weighted by Gasteiger charge is -2.27. The van der Waals surface area contributed by atoms with Crippen LogP contribution in [0, 0.1) is 0 Å². The molecule has 106 valence electrons. The molecule has 0 aliphatic carbocycles. The third-order valence-electron chi connectivity index (χ3n) is 3.07. The summed E-state index contributed by atoms with van der Waals surface area (Å²) in [6.45, 7) is 8.25. The number of halogens is 1. The van der Waals surface area contributed by atoms with Crippen molar-refractivity contribution in [2.24, 2.45) is 4.99 Å². The number of aliphatic imine (C=N–C) groups is 1. The maximum atomic E-state index is 6.05. The minimum absolute atomic E-state index is 0.00522. The Labute approximate surface area is 121 Å². The molecular formula is C15H24ClN3. The standard InChI is InChI=1S/C15H24ClN3/c1-5-9-18-14(17-4)19-11-15(2,3)12-7-6-8-13(16)10-12/h6-8,10H,5,9,11H2,1-4H3,(H2,17,18,19). The molecule has 0 amide bonds. The lowest BCUT2D eigenvalue weighted by atomic mass is 9.84. The molecular weight excluding hydrogens is 258 g/mol. The molecule has 1 aromatic rings. The fourth-order valence-electron chi connectivity index (χ4n) is 1.78. The molecule has 1 aromatic carbocycles. The van der Waals surface area contributed by atoms with Crippen LogP contribution in [0.4, 0.5) is 0 Å². The molecule has 0 spiro atoms. The van der Waals surface area contributed by atoms with Crippen molar-refractivity contribution in [1.82, 2.24) is 10.6 Å². The first-order valence-corrected chi connectivity index (χ1v) is 7.08. The van der Waals surface area contributed by atoms with Gasteiger partial charge in [-0.15, -0.1) is 0 Å². The van der Waals surface area contributed by atoms with Gasteiger partial charge in [-0.05, 0) is 24.1 Å². The molecule has 19 heavy (non-hydrogen) atoms. The summed E-state index contributed by atoms with van der Waals surface area (Å²) in [6.07, 6.45) is 1.08. The van der Waals surface area contributed by atoms with Crippen molar-refractivity contribution in [1.29, 1.82) is 0 Å². The van der Waals surface area contributed by atoms with E-state index in [1.165, 1.54) is 5.56 Å². The fraction of sp³-hybridized carbons (Fsp3) is 0.533. The van der Waals surface area contributed by atoms with Crippen LogP contribution in [-0.4, -0.2) is 26.1 Å². The number of rotatable bonds is 5. The second-order valence-corrected chi connectivity index (χ2v) is 5.68. The number of nitrogens with zero attached hydrogens (tertiary/aromatic N) is 1. The molecule has 0 fully saturated rings. The van der Waals surface area contributed by atoms with Crippen LogP contribution in [0.5, 0.6) is 0 Å². The summed E-state index contributed by atoms with van der Waals surface area (Å²) < 4.78 is 0. The third-order valence-corrected chi connectivity index (χ3v) is 3.31. The monoisotopic (exact) mass is 281 g/mol. The van der Waals surface area contributed by atoms with Gasteiger partial charge in [0.1, 0.15) is 0 Å². The van der Waals surface area contributed by atoms with E-state index in [0.29, 0.717) is 0 Å². The van der Waals surface area contributed by atoms with E-state index < -0.39 is 0 Å². The predicted octanol–water partition coefficient (Wildman–Crippen LogP) is 3.19. The molecule has 0 aliphatic rings. The highest BCUT2D eigenvalue weighted by Gasteiger charge is 2.21. The van der Waals surface area contributed by atoms with Crippen LogP contribution in [0.2, 0.25) is 5.02 Å². The lowest BCUT2D eigenvalue weighted by Crippen LogP contribution is -2.43. The summed E-state index contributed by atoms with van der Waals surface area (Å²) in [7, 11) is 1.79. The Balaban J connectivity index is 2.64. The molecule has 0 saturated heterocycles. The molecule has 4 heteroatoms. The maximum absolute atomic E-state index is 6.05. The van der Waals surface area contributed by atoms with Gasteiger partial charge in [0.25, 0.3) is 0 Å². The van der Waals surface area contributed by atoms with Gasteiger partial charge in [-0.2, -0.15) is 0 Å². The molecule has 2 N–H and O–H groups in total. The van der Waals surface area contributed by atoms with Crippen LogP contribution in [0.25, 0.3) is 0 Å². The van der Waals surface area contributed by atoms with Crippen molar-refractivity contribution in [3.63, 3.8) is 0 Å². The Morgan fingerprint density at radius 1 is 1.32 bits per heavy atom. The Hall–Kier alpha value is -1.22. The highest BCUT2D eigenvalue weighted by atomic mass is 35.5. The van der Waals surface area contributed by atoms with E-state index in [0.717, 1.165) is 30.5 Å². The molecule has 0 aromatic heterocycles. The smallest absolute Gasteiger partial charge is 0.191 e. The predicted molar refractivity (Wildman–Crippen MR) is 84.1 cm³/mol. The third kappa shape index (κ3) is 5.11. The zero-order chi connectivity index (χ0) is 14.3. The van der Waals surface area contributed by atoms with Crippen LogP contribution in [0.1, 0.15) is 32.8 Å². The zero-order valence-electron chi connectivity index (χ0n) is 12.3. The summed E-state index contributed by atoms with van der Waals surface area (Å²) in [5.41, 5.74) is 1.22. The first kappa shape index (κ1) is 15.8. The van der Waals surface area contributed by atoms with Gasteiger partial charge in [0.05, 0.1) is 0 Å². The Bertz CT molecular complexity index is 427. The molecule has 0 saturated carbocycles. The van der Waals surface area contributed by atoms with Gasteiger partial charge in [-0.25, -0.2) is 0 Å². The van der Waals surface area contributed by atoms with E-state index in [4.69, 9.17) is 11.6 Å². The minimum Gasteiger partial charge on any atom is -0.356 e. The number of guanidine groups is 1. The SMILES string of the molecule is CCCNC(=NC)NCC(C)(C)c1cccc(Cl)c1. The Morgan fingerprint density at radius 3 is 2.63 bits per heavy atom. The van der Waals surface area contributed by atoms with Gasteiger partial charge >= 0.3 is 0 Å². The zero-order valence-corrected chi connectivity index (χ0v) is 13.0. The second-order valence-electron chi connectivity index (χ2n) is 5.25. The first-order valence-electron chi connectivity index (χ1n) is 6.70. The number of hydrogen-bond acceptors (Lipinski definition) is 1. The molecule has 0 aliphatic heterocycles.